The molecule has 2 atom stereocenters. The fraction of sp³-hybridized carbons (Fsp3) is 0.565. The lowest BCUT2D eigenvalue weighted by atomic mass is 9.88. The van der Waals surface area contributed by atoms with Gasteiger partial charge in [-0.2, -0.15) is 0 Å². The lowest BCUT2D eigenvalue weighted by Gasteiger charge is -2.22. The SMILES string of the molecule is CCC(C)CCOCC(/C(C)=C/NC=C(C)C)c1cccc(C)c1C. The highest BCUT2D eigenvalue weighted by Gasteiger charge is 2.17. The summed E-state index contributed by atoms with van der Waals surface area (Å²) in [6.45, 7) is 16.9. The molecule has 0 aromatic heterocycles. The lowest BCUT2D eigenvalue weighted by molar-refractivity contribution is 0.114. The van der Waals surface area contributed by atoms with E-state index in [1.165, 1.54) is 34.3 Å². The minimum absolute atomic E-state index is 0.287. The van der Waals surface area contributed by atoms with Crippen molar-refractivity contribution in [2.24, 2.45) is 5.92 Å². The van der Waals surface area contributed by atoms with Crippen molar-refractivity contribution in [1.29, 1.82) is 0 Å². The topological polar surface area (TPSA) is 21.3 Å². The van der Waals surface area contributed by atoms with Crippen LogP contribution in [0.2, 0.25) is 0 Å². The summed E-state index contributed by atoms with van der Waals surface area (Å²) < 4.78 is 6.08. The van der Waals surface area contributed by atoms with E-state index in [0.29, 0.717) is 0 Å². The summed E-state index contributed by atoms with van der Waals surface area (Å²) in [7, 11) is 0. The van der Waals surface area contributed by atoms with E-state index in [1.807, 2.05) is 6.20 Å². The molecule has 0 spiro atoms. The van der Waals surface area contributed by atoms with E-state index < -0.39 is 0 Å². The van der Waals surface area contributed by atoms with E-state index in [9.17, 15) is 0 Å². The van der Waals surface area contributed by atoms with Crippen molar-refractivity contribution < 1.29 is 4.74 Å². The molecular formula is C23H37NO. The van der Waals surface area contributed by atoms with Gasteiger partial charge in [0.25, 0.3) is 0 Å². The number of hydrogen-bond donors (Lipinski definition) is 1. The summed E-state index contributed by atoms with van der Waals surface area (Å²) in [5.74, 6) is 1.02. The molecule has 1 aromatic rings. The number of benzene rings is 1. The van der Waals surface area contributed by atoms with E-state index >= 15 is 0 Å². The Labute approximate surface area is 155 Å². The van der Waals surface area contributed by atoms with Crippen LogP contribution in [-0.2, 0) is 4.74 Å². The van der Waals surface area contributed by atoms with Crippen LogP contribution in [0.25, 0.3) is 0 Å². The van der Waals surface area contributed by atoms with E-state index in [4.69, 9.17) is 4.74 Å². The number of nitrogens with one attached hydrogen (secondary N) is 1. The molecular weight excluding hydrogens is 306 g/mol. The number of allylic oxidation sites excluding steroid dienone is 1. The minimum atomic E-state index is 0.287. The van der Waals surface area contributed by atoms with Gasteiger partial charge in [-0.25, -0.2) is 0 Å². The van der Waals surface area contributed by atoms with Crippen LogP contribution in [0, 0.1) is 19.8 Å². The van der Waals surface area contributed by atoms with Crippen molar-refractivity contribution in [2.75, 3.05) is 13.2 Å². The van der Waals surface area contributed by atoms with Gasteiger partial charge in [-0.1, -0.05) is 44.0 Å². The van der Waals surface area contributed by atoms with Crippen LogP contribution in [0.1, 0.15) is 70.1 Å². The molecule has 0 radical (unpaired) electrons. The standard InChI is InChI=1S/C23H37NO/c1-8-18(4)12-13-25-16-23(20(6)15-24-14-17(2)3)22-11-9-10-19(5)21(22)7/h9-11,14-15,18,23-24H,8,12-13,16H2,1-7H3/b20-15+. The molecule has 0 amide bonds. The van der Waals surface area contributed by atoms with E-state index in [2.05, 4.69) is 78.2 Å². The molecule has 140 valence electrons. The van der Waals surface area contributed by atoms with Gasteiger partial charge < -0.3 is 10.1 Å². The first-order chi connectivity index (χ1) is 11.9. The van der Waals surface area contributed by atoms with E-state index in [1.54, 1.807) is 0 Å². The van der Waals surface area contributed by atoms with Crippen molar-refractivity contribution in [2.45, 2.75) is 67.2 Å². The van der Waals surface area contributed by atoms with Crippen LogP contribution in [0.3, 0.4) is 0 Å². The molecule has 2 unspecified atom stereocenters. The third kappa shape index (κ3) is 7.48. The second-order valence-corrected chi connectivity index (χ2v) is 7.50. The summed E-state index contributed by atoms with van der Waals surface area (Å²) in [4.78, 5) is 0. The average molecular weight is 344 g/mol. The van der Waals surface area contributed by atoms with Crippen LogP contribution < -0.4 is 5.32 Å². The molecule has 0 fully saturated rings. The van der Waals surface area contributed by atoms with Gasteiger partial charge in [-0.3, -0.25) is 0 Å². The Morgan fingerprint density at radius 3 is 2.52 bits per heavy atom. The zero-order valence-corrected chi connectivity index (χ0v) is 17.3. The van der Waals surface area contributed by atoms with Crippen molar-refractivity contribution in [3.63, 3.8) is 0 Å². The number of aryl methyl sites for hydroxylation is 1. The highest BCUT2D eigenvalue weighted by atomic mass is 16.5. The Morgan fingerprint density at radius 2 is 1.88 bits per heavy atom. The third-order valence-electron chi connectivity index (χ3n) is 4.99. The quantitative estimate of drug-likeness (QED) is 0.506. The molecule has 0 heterocycles. The Morgan fingerprint density at radius 1 is 1.16 bits per heavy atom. The molecule has 2 nitrogen and oxygen atoms in total. The Hall–Kier alpha value is -1.54. The largest absolute Gasteiger partial charge is 0.380 e. The zero-order chi connectivity index (χ0) is 18.8. The van der Waals surface area contributed by atoms with Crippen molar-refractivity contribution in [1.82, 2.24) is 5.32 Å². The predicted octanol–water partition coefficient (Wildman–Crippen LogP) is 6.26. The number of hydrogen-bond acceptors (Lipinski definition) is 2. The van der Waals surface area contributed by atoms with Crippen molar-refractivity contribution in [3.05, 3.63) is 58.4 Å². The van der Waals surface area contributed by atoms with Crippen molar-refractivity contribution in [3.8, 4) is 0 Å². The normalized spacial score (nSPS) is 14.1. The first-order valence-corrected chi connectivity index (χ1v) is 9.56. The van der Waals surface area contributed by atoms with Crippen LogP contribution in [0.4, 0.5) is 0 Å². The highest BCUT2D eigenvalue weighted by Crippen LogP contribution is 2.28. The molecule has 1 aromatic carbocycles. The van der Waals surface area contributed by atoms with Gasteiger partial charge in [-0.15, -0.1) is 0 Å². The fourth-order valence-corrected chi connectivity index (χ4v) is 2.75. The van der Waals surface area contributed by atoms with E-state index in [0.717, 1.165) is 25.6 Å². The zero-order valence-electron chi connectivity index (χ0n) is 17.3. The average Bonchev–Trinajstić information content (AvgIpc) is 2.57. The van der Waals surface area contributed by atoms with Gasteiger partial charge in [0.05, 0.1) is 6.61 Å². The molecule has 1 rings (SSSR count). The van der Waals surface area contributed by atoms with Gasteiger partial charge in [0, 0.05) is 18.7 Å². The highest BCUT2D eigenvalue weighted by molar-refractivity contribution is 5.39. The Bertz CT molecular complexity index is 582. The molecule has 2 heteroatoms. The Kier molecular flexibility index (Phi) is 9.59. The van der Waals surface area contributed by atoms with Crippen molar-refractivity contribution >= 4 is 0 Å². The van der Waals surface area contributed by atoms with Gasteiger partial charge in [0.2, 0.25) is 0 Å². The first kappa shape index (κ1) is 21.5. The first-order valence-electron chi connectivity index (χ1n) is 9.56. The van der Waals surface area contributed by atoms with Gasteiger partial charge >= 0.3 is 0 Å². The number of ether oxygens (including phenoxy) is 1. The molecule has 0 bridgehead atoms. The summed E-state index contributed by atoms with van der Waals surface area (Å²) in [6, 6.07) is 6.57. The second-order valence-electron chi connectivity index (χ2n) is 7.50. The van der Waals surface area contributed by atoms with Crippen LogP contribution in [0.15, 0.2) is 41.7 Å². The molecule has 1 N–H and O–H groups in total. The van der Waals surface area contributed by atoms with Gasteiger partial charge in [-0.05, 0) is 75.4 Å². The van der Waals surface area contributed by atoms with Gasteiger partial charge in [0.15, 0.2) is 0 Å². The second kappa shape index (κ2) is 11.1. The van der Waals surface area contributed by atoms with Crippen LogP contribution in [-0.4, -0.2) is 13.2 Å². The fourth-order valence-electron chi connectivity index (χ4n) is 2.75. The summed E-state index contributed by atoms with van der Waals surface area (Å²) in [5, 5.41) is 3.31. The molecule has 0 saturated heterocycles. The summed E-state index contributed by atoms with van der Waals surface area (Å²) in [5.41, 5.74) is 6.64. The van der Waals surface area contributed by atoms with Crippen LogP contribution >= 0.6 is 0 Å². The van der Waals surface area contributed by atoms with Gasteiger partial charge in [0.1, 0.15) is 0 Å². The maximum Gasteiger partial charge on any atom is 0.0572 e. The van der Waals surface area contributed by atoms with Crippen LogP contribution in [0.5, 0.6) is 0 Å². The number of rotatable bonds is 10. The minimum Gasteiger partial charge on any atom is -0.380 e. The lowest BCUT2D eigenvalue weighted by Crippen LogP contribution is -2.14. The Balaban J connectivity index is 2.90. The third-order valence-corrected chi connectivity index (χ3v) is 4.99. The predicted molar refractivity (Wildman–Crippen MR) is 110 cm³/mol. The smallest absolute Gasteiger partial charge is 0.0572 e. The molecule has 0 aliphatic rings. The van der Waals surface area contributed by atoms with E-state index in [-0.39, 0.29) is 5.92 Å². The molecule has 0 aliphatic carbocycles. The molecule has 0 aliphatic heterocycles. The monoisotopic (exact) mass is 343 g/mol. The molecule has 0 saturated carbocycles. The molecule has 25 heavy (non-hydrogen) atoms. The summed E-state index contributed by atoms with van der Waals surface area (Å²) in [6.07, 6.45) is 6.50. The maximum atomic E-state index is 6.08. The maximum absolute atomic E-state index is 6.08. The summed E-state index contributed by atoms with van der Waals surface area (Å²) >= 11 is 0.